The van der Waals surface area contributed by atoms with Crippen molar-refractivity contribution < 1.29 is 5.11 Å². The predicted octanol–water partition coefficient (Wildman–Crippen LogP) is 3.41. The van der Waals surface area contributed by atoms with Crippen molar-refractivity contribution in [3.8, 4) is 0 Å². The number of nitrogens with one attached hydrogen (secondary N) is 1. The van der Waals surface area contributed by atoms with Crippen LogP contribution in [0, 0.1) is 5.41 Å². The third-order valence-electron chi connectivity index (χ3n) is 4.28. The Hall–Kier alpha value is -0.860. The molecule has 1 unspecified atom stereocenters. The number of aliphatic hydroxyl groups is 1. The maximum Gasteiger partial charge on any atom is 0.0681 e. The highest BCUT2D eigenvalue weighted by molar-refractivity contribution is 5.25. The molecule has 1 atom stereocenters. The lowest BCUT2D eigenvalue weighted by molar-refractivity contribution is 0.281. The van der Waals surface area contributed by atoms with E-state index in [9.17, 15) is 0 Å². The highest BCUT2D eigenvalue weighted by atomic mass is 16.3. The van der Waals surface area contributed by atoms with Gasteiger partial charge >= 0.3 is 0 Å². The monoisotopic (exact) mass is 247 g/mol. The molecule has 0 amide bonds. The average Bonchev–Trinajstić information content (AvgIpc) is 2.83. The standard InChI is InChI=1S/C16H25NO/c1-13(15-7-5-6-14(10-15)11-18)17-12-16(2)8-3-4-9-16/h5-7,10,13,17-18H,3-4,8-9,11-12H2,1-2H3. The molecule has 1 aliphatic carbocycles. The van der Waals surface area contributed by atoms with Crippen molar-refractivity contribution in [2.45, 2.75) is 52.2 Å². The third kappa shape index (κ3) is 3.33. The van der Waals surface area contributed by atoms with Crippen LogP contribution in [-0.2, 0) is 6.61 Å². The Morgan fingerprint density at radius 3 is 2.72 bits per heavy atom. The van der Waals surface area contributed by atoms with E-state index in [4.69, 9.17) is 5.11 Å². The van der Waals surface area contributed by atoms with Crippen LogP contribution in [0.5, 0.6) is 0 Å². The van der Waals surface area contributed by atoms with Crippen LogP contribution in [0.15, 0.2) is 24.3 Å². The molecule has 1 aromatic carbocycles. The molecule has 1 aliphatic rings. The number of aliphatic hydroxyl groups excluding tert-OH is 1. The van der Waals surface area contributed by atoms with Gasteiger partial charge in [0.05, 0.1) is 6.61 Å². The first-order valence-corrected chi connectivity index (χ1v) is 7.06. The van der Waals surface area contributed by atoms with Gasteiger partial charge in [0.1, 0.15) is 0 Å². The summed E-state index contributed by atoms with van der Waals surface area (Å²) in [7, 11) is 0. The summed E-state index contributed by atoms with van der Waals surface area (Å²) < 4.78 is 0. The van der Waals surface area contributed by atoms with Crippen molar-refractivity contribution in [1.29, 1.82) is 0 Å². The van der Waals surface area contributed by atoms with Crippen molar-refractivity contribution in [1.82, 2.24) is 5.32 Å². The van der Waals surface area contributed by atoms with Crippen molar-refractivity contribution >= 4 is 0 Å². The van der Waals surface area contributed by atoms with Crippen LogP contribution in [0.4, 0.5) is 0 Å². The molecular weight excluding hydrogens is 222 g/mol. The van der Waals surface area contributed by atoms with Crippen LogP contribution >= 0.6 is 0 Å². The number of hydrogen-bond donors (Lipinski definition) is 2. The number of hydrogen-bond acceptors (Lipinski definition) is 2. The molecule has 2 N–H and O–H groups in total. The lowest BCUT2D eigenvalue weighted by Crippen LogP contribution is -2.31. The molecule has 0 saturated heterocycles. The quantitative estimate of drug-likeness (QED) is 0.835. The third-order valence-corrected chi connectivity index (χ3v) is 4.28. The first-order valence-electron chi connectivity index (χ1n) is 7.06. The average molecular weight is 247 g/mol. The fourth-order valence-electron chi connectivity index (χ4n) is 2.88. The van der Waals surface area contributed by atoms with Crippen LogP contribution in [0.25, 0.3) is 0 Å². The SMILES string of the molecule is CC(NCC1(C)CCCC1)c1cccc(CO)c1. The van der Waals surface area contributed by atoms with Crippen LogP contribution in [-0.4, -0.2) is 11.7 Å². The van der Waals surface area contributed by atoms with E-state index >= 15 is 0 Å². The van der Waals surface area contributed by atoms with E-state index in [2.05, 4.69) is 31.3 Å². The zero-order valence-corrected chi connectivity index (χ0v) is 11.6. The summed E-state index contributed by atoms with van der Waals surface area (Å²) in [5.74, 6) is 0. The van der Waals surface area contributed by atoms with E-state index in [1.54, 1.807) is 0 Å². The van der Waals surface area contributed by atoms with Gasteiger partial charge in [-0.25, -0.2) is 0 Å². The van der Waals surface area contributed by atoms with Gasteiger partial charge in [-0.3, -0.25) is 0 Å². The highest BCUT2D eigenvalue weighted by Crippen LogP contribution is 2.37. The summed E-state index contributed by atoms with van der Waals surface area (Å²) in [6.07, 6.45) is 5.46. The van der Waals surface area contributed by atoms with Gasteiger partial charge < -0.3 is 10.4 Å². The van der Waals surface area contributed by atoms with E-state index in [-0.39, 0.29) is 6.61 Å². The van der Waals surface area contributed by atoms with Crippen LogP contribution in [0.3, 0.4) is 0 Å². The molecule has 1 aromatic rings. The molecule has 18 heavy (non-hydrogen) atoms. The maximum absolute atomic E-state index is 9.17. The minimum atomic E-state index is 0.123. The summed E-state index contributed by atoms with van der Waals surface area (Å²) in [5, 5.41) is 12.8. The van der Waals surface area contributed by atoms with Gasteiger partial charge in [0, 0.05) is 12.6 Å². The van der Waals surface area contributed by atoms with Crippen molar-refractivity contribution in [3.63, 3.8) is 0 Å². The van der Waals surface area contributed by atoms with E-state index in [1.165, 1.54) is 31.2 Å². The van der Waals surface area contributed by atoms with Crippen molar-refractivity contribution in [3.05, 3.63) is 35.4 Å². The second-order valence-electron chi connectivity index (χ2n) is 6.02. The Balaban J connectivity index is 1.92. The van der Waals surface area contributed by atoms with E-state index in [0.717, 1.165) is 12.1 Å². The summed E-state index contributed by atoms with van der Waals surface area (Å²) in [6.45, 7) is 5.81. The molecule has 2 heteroatoms. The molecular formula is C16H25NO. The predicted molar refractivity (Wildman–Crippen MR) is 75.4 cm³/mol. The van der Waals surface area contributed by atoms with Gasteiger partial charge in [-0.2, -0.15) is 0 Å². The Morgan fingerprint density at radius 2 is 2.06 bits per heavy atom. The molecule has 0 aromatic heterocycles. The number of benzene rings is 1. The topological polar surface area (TPSA) is 32.3 Å². The maximum atomic E-state index is 9.17. The molecule has 100 valence electrons. The molecule has 0 spiro atoms. The second-order valence-corrected chi connectivity index (χ2v) is 6.02. The summed E-state index contributed by atoms with van der Waals surface area (Å²) in [5.41, 5.74) is 2.75. The Morgan fingerprint density at radius 1 is 1.33 bits per heavy atom. The molecule has 0 radical (unpaired) electrons. The van der Waals surface area contributed by atoms with Gasteiger partial charge in [0.2, 0.25) is 0 Å². The summed E-state index contributed by atoms with van der Waals surface area (Å²) in [4.78, 5) is 0. The lowest BCUT2D eigenvalue weighted by Gasteiger charge is -2.26. The van der Waals surface area contributed by atoms with Gasteiger partial charge in [-0.1, -0.05) is 44.0 Å². The first kappa shape index (κ1) is 13.6. The second kappa shape index (κ2) is 5.85. The largest absolute Gasteiger partial charge is 0.392 e. The molecule has 2 rings (SSSR count). The molecule has 1 fully saturated rings. The highest BCUT2D eigenvalue weighted by Gasteiger charge is 2.28. The van der Waals surface area contributed by atoms with E-state index < -0.39 is 0 Å². The van der Waals surface area contributed by atoms with Gasteiger partial charge in [-0.15, -0.1) is 0 Å². The zero-order valence-electron chi connectivity index (χ0n) is 11.6. The normalized spacial score (nSPS) is 19.9. The summed E-state index contributed by atoms with van der Waals surface area (Å²) in [6, 6.07) is 8.57. The van der Waals surface area contributed by atoms with Crippen LogP contribution in [0.2, 0.25) is 0 Å². The molecule has 0 aliphatic heterocycles. The van der Waals surface area contributed by atoms with Gasteiger partial charge in [-0.05, 0) is 36.3 Å². The van der Waals surface area contributed by atoms with Crippen LogP contribution in [0.1, 0.15) is 56.7 Å². The molecule has 2 nitrogen and oxygen atoms in total. The fourth-order valence-corrected chi connectivity index (χ4v) is 2.88. The number of rotatable bonds is 5. The first-order chi connectivity index (χ1) is 8.63. The molecule has 0 heterocycles. The van der Waals surface area contributed by atoms with E-state index in [1.807, 2.05) is 12.1 Å². The molecule has 0 bridgehead atoms. The minimum Gasteiger partial charge on any atom is -0.392 e. The fraction of sp³-hybridized carbons (Fsp3) is 0.625. The van der Waals surface area contributed by atoms with Gasteiger partial charge in [0.15, 0.2) is 0 Å². The van der Waals surface area contributed by atoms with Crippen LogP contribution < -0.4 is 5.32 Å². The Bertz CT molecular complexity index is 382. The lowest BCUT2D eigenvalue weighted by atomic mass is 9.88. The zero-order chi connectivity index (χ0) is 13.0. The van der Waals surface area contributed by atoms with Gasteiger partial charge in [0.25, 0.3) is 0 Å². The Labute approximate surface area is 110 Å². The minimum absolute atomic E-state index is 0.123. The Kier molecular flexibility index (Phi) is 4.41. The smallest absolute Gasteiger partial charge is 0.0681 e. The van der Waals surface area contributed by atoms with Crippen molar-refractivity contribution in [2.75, 3.05) is 6.54 Å². The molecule has 1 saturated carbocycles. The van der Waals surface area contributed by atoms with Crippen molar-refractivity contribution in [2.24, 2.45) is 5.41 Å². The summed E-state index contributed by atoms with van der Waals surface area (Å²) >= 11 is 0. The van der Waals surface area contributed by atoms with E-state index in [0.29, 0.717) is 11.5 Å².